The average Bonchev–Trinajstić information content (AvgIpc) is 3.09. The Kier molecular flexibility index (Phi) is 3.18. The molecule has 2 aliphatic rings. The zero-order valence-electron chi connectivity index (χ0n) is 12.5. The highest BCUT2D eigenvalue weighted by Gasteiger charge is 2.60. The molecule has 5 heteroatoms. The Balaban J connectivity index is 1.46. The van der Waals surface area contributed by atoms with Crippen molar-refractivity contribution >= 4 is 17.2 Å². The van der Waals surface area contributed by atoms with Gasteiger partial charge in [-0.2, -0.15) is 0 Å². The number of para-hydroxylation sites is 1. The summed E-state index contributed by atoms with van der Waals surface area (Å²) in [6, 6.07) is 8.12. The van der Waals surface area contributed by atoms with E-state index in [1.807, 2.05) is 31.3 Å². The normalized spacial score (nSPS) is 25.4. The summed E-state index contributed by atoms with van der Waals surface area (Å²) in [5, 5.41) is 4.01. The molecule has 22 heavy (non-hydrogen) atoms. The van der Waals surface area contributed by atoms with E-state index in [4.69, 9.17) is 4.74 Å². The lowest BCUT2D eigenvalue weighted by Gasteiger charge is -2.26. The Morgan fingerprint density at radius 1 is 1.50 bits per heavy atom. The molecule has 0 unspecified atom stereocenters. The molecule has 1 saturated carbocycles. The lowest BCUT2D eigenvalue weighted by atomic mass is 9.87. The van der Waals surface area contributed by atoms with Gasteiger partial charge in [0.05, 0.1) is 13.2 Å². The molecule has 1 fully saturated rings. The van der Waals surface area contributed by atoms with E-state index in [1.165, 1.54) is 10.4 Å². The van der Waals surface area contributed by atoms with Crippen LogP contribution in [0.5, 0.6) is 5.75 Å². The van der Waals surface area contributed by atoms with E-state index in [0.717, 1.165) is 23.6 Å². The summed E-state index contributed by atoms with van der Waals surface area (Å²) in [5.41, 5.74) is 1.20. The minimum atomic E-state index is -0.00226. The molecule has 1 aliphatic heterocycles. The lowest BCUT2D eigenvalue weighted by molar-refractivity contribution is -0.123. The Bertz CT molecular complexity index is 727. The van der Waals surface area contributed by atoms with Crippen molar-refractivity contribution in [3.8, 4) is 5.75 Å². The predicted molar refractivity (Wildman–Crippen MR) is 85.0 cm³/mol. The third-order valence-corrected chi connectivity index (χ3v) is 5.62. The van der Waals surface area contributed by atoms with Crippen LogP contribution in [0.15, 0.2) is 30.5 Å². The van der Waals surface area contributed by atoms with Crippen molar-refractivity contribution in [2.24, 2.45) is 5.92 Å². The third kappa shape index (κ3) is 2.20. The van der Waals surface area contributed by atoms with Gasteiger partial charge in [-0.1, -0.05) is 18.2 Å². The summed E-state index contributed by atoms with van der Waals surface area (Å²) >= 11 is 1.63. The van der Waals surface area contributed by atoms with E-state index >= 15 is 0 Å². The van der Waals surface area contributed by atoms with E-state index < -0.39 is 0 Å². The summed E-state index contributed by atoms with van der Waals surface area (Å²) in [4.78, 5) is 18.0. The van der Waals surface area contributed by atoms with E-state index in [-0.39, 0.29) is 17.2 Å². The highest BCUT2D eigenvalue weighted by molar-refractivity contribution is 7.11. The molecule has 0 radical (unpaired) electrons. The largest absolute Gasteiger partial charge is 0.493 e. The van der Waals surface area contributed by atoms with Crippen LogP contribution >= 0.6 is 11.3 Å². The molecule has 1 aromatic carbocycles. The summed E-state index contributed by atoms with van der Waals surface area (Å²) in [7, 11) is 0. The molecule has 1 N–H and O–H groups in total. The number of thiazole rings is 1. The molecule has 0 saturated heterocycles. The molecule has 4 rings (SSSR count). The Morgan fingerprint density at radius 3 is 3.18 bits per heavy atom. The summed E-state index contributed by atoms with van der Waals surface area (Å²) in [6.07, 6.45) is 3.70. The van der Waals surface area contributed by atoms with Crippen LogP contribution in [-0.2, 0) is 16.8 Å². The van der Waals surface area contributed by atoms with Gasteiger partial charge >= 0.3 is 0 Å². The van der Waals surface area contributed by atoms with Gasteiger partial charge in [-0.15, -0.1) is 11.3 Å². The number of nitrogens with zero attached hydrogens (tertiary/aromatic N) is 1. The van der Waals surface area contributed by atoms with Gasteiger partial charge in [0.15, 0.2) is 0 Å². The predicted octanol–water partition coefficient (Wildman–Crippen LogP) is 2.81. The number of carbonyl (C=O) groups is 1. The molecule has 0 bridgehead atoms. The smallest absolute Gasteiger partial charge is 0.224 e. The van der Waals surface area contributed by atoms with E-state index in [1.54, 1.807) is 11.3 Å². The number of carbonyl (C=O) groups excluding carboxylic acids is 1. The number of hydrogen-bond acceptors (Lipinski definition) is 4. The first kappa shape index (κ1) is 13.8. The number of hydrogen-bond donors (Lipinski definition) is 1. The van der Waals surface area contributed by atoms with Crippen LogP contribution in [0.25, 0.3) is 0 Å². The molecule has 2 heterocycles. The molecule has 2 atom stereocenters. The standard InChI is InChI=1S/C17H18N2O2S/c1-11-9-18-15(22-11)10-19-16(20)13-8-17(13)6-7-21-14-5-3-2-4-12(14)17/h2-5,9,13H,6-8,10H2,1H3,(H,19,20)/t13-,17-/m0/s1. The quantitative estimate of drug-likeness (QED) is 0.948. The first-order chi connectivity index (χ1) is 10.7. The highest BCUT2D eigenvalue weighted by atomic mass is 32.1. The number of fused-ring (bicyclic) bond motifs is 2. The topological polar surface area (TPSA) is 51.2 Å². The van der Waals surface area contributed by atoms with Gasteiger partial charge in [0.1, 0.15) is 10.8 Å². The van der Waals surface area contributed by atoms with Gasteiger partial charge in [0.2, 0.25) is 5.91 Å². The van der Waals surface area contributed by atoms with Gasteiger partial charge in [0.25, 0.3) is 0 Å². The summed E-state index contributed by atoms with van der Waals surface area (Å²) in [6.45, 7) is 3.26. The molecule has 114 valence electrons. The second-order valence-electron chi connectivity index (χ2n) is 6.09. The maximum Gasteiger partial charge on any atom is 0.224 e. The zero-order valence-corrected chi connectivity index (χ0v) is 13.3. The average molecular weight is 314 g/mol. The second kappa shape index (κ2) is 5.09. The maximum atomic E-state index is 12.5. The molecule has 1 spiro atoms. The monoisotopic (exact) mass is 314 g/mol. The number of nitrogens with one attached hydrogen (secondary N) is 1. The summed E-state index contributed by atoms with van der Waals surface area (Å²) < 4.78 is 5.72. The first-order valence-electron chi connectivity index (χ1n) is 7.60. The van der Waals surface area contributed by atoms with E-state index in [0.29, 0.717) is 13.2 Å². The van der Waals surface area contributed by atoms with Crippen molar-refractivity contribution in [3.05, 3.63) is 45.9 Å². The van der Waals surface area contributed by atoms with Crippen molar-refractivity contribution in [2.45, 2.75) is 31.7 Å². The molecule has 1 amide bonds. The Labute approximate surface area is 133 Å². The molecule has 4 nitrogen and oxygen atoms in total. The number of amides is 1. The Morgan fingerprint density at radius 2 is 2.36 bits per heavy atom. The van der Waals surface area contributed by atoms with Crippen LogP contribution in [0, 0.1) is 12.8 Å². The minimum absolute atomic E-state index is 0.00226. The van der Waals surface area contributed by atoms with Crippen LogP contribution in [0.2, 0.25) is 0 Å². The highest BCUT2D eigenvalue weighted by Crippen LogP contribution is 2.60. The summed E-state index contributed by atoms with van der Waals surface area (Å²) in [5.74, 6) is 1.16. The van der Waals surface area contributed by atoms with Crippen LogP contribution in [0.1, 0.15) is 28.3 Å². The number of rotatable bonds is 3. The fourth-order valence-electron chi connectivity index (χ4n) is 3.47. The SMILES string of the molecule is Cc1cnc(CNC(=O)[C@@H]2C[C@]23CCOc2ccccc23)s1. The fraction of sp³-hybridized carbons (Fsp3) is 0.412. The first-order valence-corrected chi connectivity index (χ1v) is 8.42. The van der Waals surface area contributed by atoms with Crippen LogP contribution < -0.4 is 10.1 Å². The molecule has 2 aromatic rings. The van der Waals surface area contributed by atoms with Gasteiger partial charge in [-0.05, 0) is 25.8 Å². The van der Waals surface area contributed by atoms with Crippen molar-refractivity contribution < 1.29 is 9.53 Å². The number of aryl methyl sites for hydroxylation is 1. The van der Waals surface area contributed by atoms with Gasteiger partial charge in [-0.3, -0.25) is 4.79 Å². The number of ether oxygens (including phenoxy) is 1. The van der Waals surface area contributed by atoms with Gasteiger partial charge in [-0.25, -0.2) is 4.98 Å². The minimum Gasteiger partial charge on any atom is -0.493 e. The lowest BCUT2D eigenvalue weighted by Crippen LogP contribution is -2.30. The van der Waals surface area contributed by atoms with Crippen LogP contribution in [0.3, 0.4) is 0 Å². The second-order valence-corrected chi connectivity index (χ2v) is 7.41. The van der Waals surface area contributed by atoms with Crippen molar-refractivity contribution in [1.29, 1.82) is 0 Å². The van der Waals surface area contributed by atoms with E-state index in [9.17, 15) is 4.79 Å². The molecule has 1 aromatic heterocycles. The number of aromatic nitrogens is 1. The molecular formula is C17H18N2O2S. The van der Waals surface area contributed by atoms with Crippen molar-refractivity contribution in [2.75, 3.05) is 6.61 Å². The molecular weight excluding hydrogens is 296 g/mol. The van der Waals surface area contributed by atoms with E-state index in [2.05, 4.69) is 16.4 Å². The Hall–Kier alpha value is -1.88. The van der Waals surface area contributed by atoms with Gasteiger partial charge < -0.3 is 10.1 Å². The van der Waals surface area contributed by atoms with Crippen molar-refractivity contribution in [1.82, 2.24) is 10.3 Å². The zero-order chi connectivity index (χ0) is 15.2. The maximum absolute atomic E-state index is 12.5. The number of benzene rings is 1. The fourth-order valence-corrected chi connectivity index (χ4v) is 4.20. The van der Waals surface area contributed by atoms with Crippen LogP contribution in [0.4, 0.5) is 0 Å². The van der Waals surface area contributed by atoms with Crippen molar-refractivity contribution in [3.63, 3.8) is 0 Å². The third-order valence-electron chi connectivity index (χ3n) is 4.70. The van der Waals surface area contributed by atoms with Gasteiger partial charge in [0, 0.05) is 28.0 Å². The molecule has 1 aliphatic carbocycles. The van der Waals surface area contributed by atoms with Crippen LogP contribution in [-0.4, -0.2) is 17.5 Å².